The van der Waals surface area contributed by atoms with Crippen LogP contribution in [-0.2, 0) is 11.2 Å². The zero-order valence-corrected chi connectivity index (χ0v) is 18.5. The zero-order valence-electron chi connectivity index (χ0n) is 18.5. The molecule has 1 amide bonds. The summed E-state index contributed by atoms with van der Waals surface area (Å²) in [5.74, 6) is 1.09. The average molecular weight is 419 g/mol. The van der Waals surface area contributed by atoms with Crippen LogP contribution >= 0.6 is 0 Å². The van der Waals surface area contributed by atoms with Gasteiger partial charge in [-0.05, 0) is 50.1 Å². The highest BCUT2D eigenvalue weighted by Gasteiger charge is 2.23. The van der Waals surface area contributed by atoms with Gasteiger partial charge in [-0.15, -0.1) is 0 Å². The van der Waals surface area contributed by atoms with E-state index in [1.54, 1.807) is 7.11 Å². The monoisotopic (exact) mass is 418 g/mol. The van der Waals surface area contributed by atoms with E-state index in [9.17, 15) is 4.79 Å². The van der Waals surface area contributed by atoms with Crippen molar-refractivity contribution in [1.29, 1.82) is 0 Å². The Labute approximate surface area is 184 Å². The molecule has 2 aromatic carbocycles. The van der Waals surface area contributed by atoms with Crippen molar-refractivity contribution in [3.05, 3.63) is 71.5 Å². The van der Waals surface area contributed by atoms with Gasteiger partial charge in [0.05, 0.1) is 24.2 Å². The number of anilines is 1. The molecule has 0 spiro atoms. The SMILES string of the molecule is COc1ccccc1N1CCN(C(=O)CCc2c(C)nn(-c3ccccc3)c2C)CC1. The molecule has 162 valence electrons. The maximum atomic E-state index is 12.9. The number of methoxy groups -OCH3 is 1. The third-order valence-corrected chi connectivity index (χ3v) is 6.09. The summed E-state index contributed by atoms with van der Waals surface area (Å²) >= 11 is 0. The molecule has 2 heterocycles. The maximum Gasteiger partial charge on any atom is 0.223 e. The molecular weight excluding hydrogens is 388 g/mol. The topological polar surface area (TPSA) is 50.6 Å². The van der Waals surface area contributed by atoms with E-state index in [1.165, 1.54) is 5.56 Å². The summed E-state index contributed by atoms with van der Waals surface area (Å²) in [5.41, 5.74) is 5.42. The lowest BCUT2D eigenvalue weighted by Crippen LogP contribution is -2.49. The van der Waals surface area contributed by atoms with Crippen molar-refractivity contribution in [2.75, 3.05) is 38.2 Å². The second-order valence-corrected chi connectivity index (χ2v) is 7.94. The number of carbonyl (C=O) groups excluding carboxylic acids is 1. The first-order chi connectivity index (χ1) is 15.1. The first-order valence-electron chi connectivity index (χ1n) is 10.8. The first kappa shape index (κ1) is 21.0. The summed E-state index contributed by atoms with van der Waals surface area (Å²) in [6.07, 6.45) is 1.23. The minimum Gasteiger partial charge on any atom is -0.495 e. The summed E-state index contributed by atoms with van der Waals surface area (Å²) in [5, 5.41) is 4.70. The standard InChI is InChI=1S/C25H30N4O2/c1-19-22(20(2)29(26-19)21-9-5-4-6-10-21)13-14-25(30)28-17-15-27(16-18-28)23-11-7-8-12-24(23)31-3/h4-12H,13-18H2,1-3H3. The molecule has 1 aromatic heterocycles. The van der Waals surface area contributed by atoms with E-state index in [1.807, 2.05) is 52.9 Å². The van der Waals surface area contributed by atoms with Gasteiger partial charge in [0.1, 0.15) is 5.75 Å². The number of aromatic nitrogens is 2. The van der Waals surface area contributed by atoms with Crippen LogP contribution in [0.3, 0.4) is 0 Å². The molecule has 0 bridgehead atoms. The van der Waals surface area contributed by atoms with Crippen LogP contribution < -0.4 is 9.64 Å². The number of nitrogens with zero attached hydrogens (tertiary/aromatic N) is 4. The van der Waals surface area contributed by atoms with Gasteiger partial charge in [-0.2, -0.15) is 5.10 Å². The fourth-order valence-corrected chi connectivity index (χ4v) is 4.34. The maximum absolute atomic E-state index is 12.9. The van der Waals surface area contributed by atoms with Gasteiger partial charge in [0.2, 0.25) is 5.91 Å². The van der Waals surface area contributed by atoms with Crippen molar-refractivity contribution in [3.63, 3.8) is 0 Å². The minimum absolute atomic E-state index is 0.214. The first-order valence-corrected chi connectivity index (χ1v) is 10.8. The largest absolute Gasteiger partial charge is 0.495 e. The Hall–Kier alpha value is -3.28. The predicted molar refractivity (Wildman–Crippen MR) is 123 cm³/mol. The molecule has 4 rings (SSSR count). The number of carbonyl (C=O) groups is 1. The van der Waals surface area contributed by atoms with Gasteiger partial charge < -0.3 is 14.5 Å². The summed E-state index contributed by atoms with van der Waals surface area (Å²) < 4.78 is 7.46. The molecule has 1 fully saturated rings. The lowest BCUT2D eigenvalue weighted by atomic mass is 10.1. The molecule has 1 aliphatic rings. The van der Waals surface area contributed by atoms with Crippen LogP contribution in [0.5, 0.6) is 5.75 Å². The Balaban J connectivity index is 1.36. The highest BCUT2D eigenvalue weighted by atomic mass is 16.5. The molecule has 1 saturated heterocycles. The van der Waals surface area contributed by atoms with Gasteiger partial charge in [-0.25, -0.2) is 4.68 Å². The van der Waals surface area contributed by atoms with Crippen molar-refractivity contribution in [3.8, 4) is 11.4 Å². The molecule has 31 heavy (non-hydrogen) atoms. The van der Waals surface area contributed by atoms with E-state index in [0.29, 0.717) is 6.42 Å². The quantitative estimate of drug-likeness (QED) is 0.611. The summed E-state index contributed by atoms with van der Waals surface area (Å²) in [6, 6.07) is 18.2. The van der Waals surface area contributed by atoms with Crippen LogP contribution in [0, 0.1) is 13.8 Å². The molecule has 0 radical (unpaired) electrons. The van der Waals surface area contributed by atoms with Crippen molar-refractivity contribution in [2.24, 2.45) is 0 Å². The van der Waals surface area contributed by atoms with E-state index in [2.05, 4.69) is 30.0 Å². The highest BCUT2D eigenvalue weighted by Crippen LogP contribution is 2.28. The Bertz CT molecular complexity index is 1040. The fraction of sp³-hybridized carbons (Fsp3) is 0.360. The Morgan fingerprint density at radius 3 is 2.35 bits per heavy atom. The molecule has 0 N–H and O–H groups in total. The van der Waals surface area contributed by atoms with Crippen molar-refractivity contribution in [1.82, 2.24) is 14.7 Å². The van der Waals surface area contributed by atoms with Crippen molar-refractivity contribution in [2.45, 2.75) is 26.7 Å². The third-order valence-electron chi connectivity index (χ3n) is 6.09. The number of hydrogen-bond donors (Lipinski definition) is 0. The molecule has 3 aromatic rings. The van der Waals surface area contributed by atoms with Crippen molar-refractivity contribution >= 4 is 11.6 Å². The summed E-state index contributed by atoms with van der Waals surface area (Å²) in [7, 11) is 1.70. The Morgan fingerprint density at radius 1 is 0.968 bits per heavy atom. The minimum atomic E-state index is 0.214. The van der Waals surface area contributed by atoms with Crippen LogP contribution in [0.1, 0.15) is 23.4 Å². The second kappa shape index (κ2) is 9.25. The van der Waals surface area contributed by atoms with Crippen molar-refractivity contribution < 1.29 is 9.53 Å². The molecule has 0 atom stereocenters. The Kier molecular flexibility index (Phi) is 6.26. The van der Waals surface area contributed by atoms with E-state index in [4.69, 9.17) is 9.84 Å². The van der Waals surface area contributed by atoms with Crippen LogP contribution in [0.4, 0.5) is 5.69 Å². The predicted octanol–water partition coefficient (Wildman–Crippen LogP) is 3.78. The highest BCUT2D eigenvalue weighted by molar-refractivity contribution is 5.77. The number of benzene rings is 2. The number of rotatable bonds is 6. The van der Waals surface area contributed by atoms with Gasteiger partial charge in [0.15, 0.2) is 0 Å². The molecule has 6 nitrogen and oxygen atoms in total. The fourth-order valence-electron chi connectivity index (χ4n) is 4.34. The number of ether oxygens (including phenoxy) is 1. The van der Waals surface area contributed by atoms with Crippen LogP contribution in [0.2, 0.25) is 0 Å². The number of aryl methyl sites for hydroxylation is 1. The number of piperazine rings is 1. The van der Waals surface area contributed by atoms with Crippen LogP contribution in [0.25, 0.3) is 5.69 Å². The zero-order chi connectivity index (χ0) is 21.8. The Morgan fingerprint density at radius 2 is 1.65 bits per heavy atom. The second-order valence-electron chi connectivity index (χ2n) is 7.94. The van der Waals surface area contributed by atoms with Gasteiger partial charge in [0.25, 0.3) is 0 Å². The van der Waals surface area contributed by atoms with E-state index >= 15 is 0 Å². The normalized spacial score (nSPS) is 14.0. The van der Waals surface area contributed by atoms with E-state index in [0.717, 1.165) is 61.1 Å². The van der Waals surface area contributed by atoms with Crippen LogP contribution in [0.15, 0.2) is 54.6 Å². The van der Waals surface area contributed by atoms with E-state index in [-0.39, 0.29) is 5.91 Å². The molecular formula is C25H30N4O2. The number of para-hydroxylation sites is 3. The lowest BCUT2D eigenvalue weighted by molar-refractivity contribution is -0.131. The molecule has 1 aliphatic heterocycles. The van der Waals surface area contributed by atoms with Gasteiger partial charge >= 0.3 is 0 Å². The number of amides is 1. The summed E-state index contributed by atoms with van der Waals surface area (Å²) in [6.45, 7) is 7.21. The average Bonchev–Trinajstić information content (AvgIpc) is 3.11. The van der Waals surface area contributed by atoms with Gasteiger partial charge in [-0.3, -0.25) is 4.79 Å². The van der Waals surface area contributed by atoms with E-state index < -0.39 is 0 Å². The third kappa shape index (κ3) is 4.43. The van der Waals surface area contributed by atoms with Crippen LogP contribution in [-0.4, -0.2) is 53.9 Å². The summed E-state index contributed by atoms with van der Waals surface area (Å²) in [4.78, 5) is 17.2. The number of hydrogen-bond acceptors (Lipinski definition) is 4. The molecule has 6 heteroatoms. The molecule has 0 aliphatic carbocycles. The molecule has 0 unspecified atom stereocenters. The smallest absolute Gasteiger partial charge is 0.223 e. The van der Waals surface area contributed by atoms with Gasteiger partial charge in [0, 0.05) is 38.3 Å². The molecule has 0 saturated carbocycles. The lowest BCUT2D eigenvalue weighted by Gasteiger charge is -2.36. The van der Waals surface area contributed by atoms with Gasteiger partial charge in [-0.1, -0.05) is 30.3 Å².